The predicted octanol–water partition coefficient (Wildman–Crippen LogP) is 8.15. The Morgan fingerprint density at radius 2 is 1.34 bits per heavy atom. The highest BCUT2D eigenvalue weighted by atomic mass is 16.5. The number of ether oxygens (including phenoxy) is 4. The van der Waals surface area contributed by atoms with Gasteiger partial charge in [0.05, 0.1) is 26.3 Å². The molecule has 0 bridgehead atoms. The van der Waals surface area contributed by atoms with E-state index < -0.39 is 12.1 Å². The lowest BCUT2D eigenvalue weighted by Crippen LogP contribution is -2.31. The van der Waals surface area contributed by atoms with E-state index in [1.54, 1.807) is 32.4 Å². The molecule has 0 radical (unpaired) electrons. The van der Waals surface area contributed by atoms with Crippen molar-refractivity contribution in [1.82, 2.24) is 10.6 Å². The number of carbonyl (C=O) groups excluding carboxylic acids is 2. The fourth-order valence-electron chi connectivity index (χ4n) is 6.47. The Balaban J connectivity index is 1.14. The summed E-state index contributed by atoms with van der Waals surface area (Å²) in [4.78, 5) is 26.2. The number of amides is 2. The summed E-state index contributed by atoms with van der Waals surface area (Å²) in [5.41, 5.74) is 8.36. The number of hydrogen-bond acceptors (Lipinski definition) is 6. The zero-order chi connectivity index (χ0) is 35.0. The number of methoxy groups -OCH3 is 2. The first-order valence-corrected chi connectivity index (χ1v) is 16.8. The molecule has 2 amide bonds. The van der Waals surface area contributed by atoms with E-state index in [1.807, 2.05) is 67.6 Å². The van der Waals surface area contributed by atoms with Crippen molar-refractivity contribution in [1.29, 1.82) is 0 Å². The Morgan fingerprint density at radius 1 is 0.720 bits per heavy atom. The van der Waals surface area contributed by atoms with Gasteiger partial charge in [0.15, 0.2) is 6.61 Å². The fourth-order valence-corrected chi connectivity index (χ4v) is 6.47. The van der Waals surface area contributed by atoms with E-state index in [-0.39, 0.29) is 31.1 Å². The zero-order valence-corrected chi connectivity index (χ0v) is 28.8. The van der Waals surface area contributed by atoms with Crippen LogP contribution in [0.2, 0.25) is 0 Å². The molecule has 256 valence electrons. The molecule has 0 saturated carbocycles. The second-order valence-corrected chi connectivity index (χ2v) is 12.3. The lowest BCUT2D eigenvalue weighted by molar-refractivity contribution is -0.123. The van der Waals surface area contributed by atoms with Crippen LogP contribution in [0.5, 0.6) is 17.2 Å². The first kappa shape index (κ1) is 34.1. The van der Waals surface area contributed by atoms with Gasteiger partial charge in [-0.3, -0.25) is 4.79 Å². The van der Waals surface area contributed by atoms with E-state index in [0.717, 1.165) is 45.4 Å². The van der Waals surface area contributed by atoms with Crippen LogP contribution in [0.25, 0.3) is 11.1 Å². The molecule has 0 aromatic heterocycles. The lowest BCUT2D eigenvalue weighted by atomic mass is 9.97. The Morgan fingerprint density at radius 3 is 1.96 bits per heavy atom. The maximum atomic E-state index is 13.5. The van der Waals surface area contributed by atoms with Gasteiger partial charge in [-0.1, -0.05) is 91.9 Å². The molecular formula is C42H42N2O6. The first-order chi connectivity index (χ1) is 24.4. The van der Waals surface area contributed by atoms with E-state index in [0.29, 0.717) is 17.2 Å². The summed E-state index contributed by atoms with van der Waals surface area (Å²) in [5.74, 6) is 1.40. The Kier molecular flexibility index (Phi) is 10.7. The van der Waals surface area contributed by atoms with Gasteiger partial charge in [0.1, 0.15) is 23.9 Å². The van der Waals surface area contributed by atoms with Crippen molar-refractivity contribution in [3.05, 3.63) is 149 Å². The molecule has 0 fully saturated rings. The van der Waals surface area contributed by atoms with Crippen molar-refractivity contribution in [2.45, 2.75) is 38.3 Å². The molecule has 2 atom stereocenters. The van der Waals surface area contributed by atoms with Crippen LogP contribution in [-0.4, -0.2) is 39.4 Å². The largest absolute Gasteiger partial charge is 0.497 e. The molecule has 0 saturated heterocycles. The molecule has 0 unspecified atom stereocenters. The molecule has 0 heterocycles. The van der Waals surface area contributed by atoms with E-state index >= 15 is 0 Å². The minimum atomic E-state index is -0.621. The van der Waals surface area contributed by atoms with Crippen molar-refractivity contribution in [3.63, 3.8) is 0 Å². The highest BCUT2D eigenvalue weighted by molar-refractivity contribution is 5.79. The predicted molar refractivity (Wildman–Crippen MR) is 194 cm³/mol. The standard InChI is InChI=1S/C42H42N2O6/c1-5-28-14-16-29(17-15-28)27(2)43-40(45)26-49-31-20-18-30(19-21-31)41(37-23-22-32(47-3)24-39(37)48-4)44-42(46)50-25-38-35-12-8-6-10-33(35)34-11-7-9-13-36(34)38/h6-24,27,38,41H,5,25-26H2,1-4H3,(H,43,45)(H,44,46)/t27-,41-/m1/s1. The number of aryl methyl sites for hydroxylation is 1. The SMILES string of the molecule is CCc1ccc([C@@H](C)NC(=O)COc2ccc([C@@H](NC(=O)OCC3c4ccccc4-c4ccccc43)c3ccc(OC)cc3OC)cc2)cc1. The molecule has 6 rings (SSSR count). The summed E-state index contributed by atoms with van der Waals surface area (Å²) in [6.45, 7) is 4.11. The number of hydrogen-bond donors (Lipinski definition) is 2. The van der Waals surface area contributed by atoms with Crippen LogP contribution < -0.4 is 24.8 Å². The molecule has 2 N–H and O–H groups in total. The van der Waals surface area contributed by atoms with Gasteiger partial charge in [-0.05, 0) is 76.6 Å². The monoisotopic (exact) mass is 670 g/mol. The second-order valence-electron chi connectivity index (χ2n) is 12.3. The molecule has 5 aromatic carbocycles. The van der Waals surface area contributed by atoms with Gasteiger partial charge in [0.25, 0.3) is 5.91 Å². The van der Waals surface area contributed by atoms with Crippen molar-refractivity contribution < 1.29 is 28.5 Å². The van der Waals surface area contributed by atoms with E-state index in [9.17, 15) is 9.59 Å². The molecule has 8 heteroatoms. The van der Waals surface area contributed by atoms with Crippen molar-refractivity contribution in [2.24, 2.45) is 0 Å². The van der Waals surface area contributed by atoms with Gasteiger partial charge in [-0.15, -0.1) is 0 Å². The summed E-state index contributed by atoms with van der Waals surface area (Å²) in [6, 6.07) is 36.6. The zero-order valence-electron chi connectivity index (χ0n) is 28.8. The molecule has 50 heavy (non-hydrogen) atoms. The number of carbonyl (C=O) groups is 2. The average molecular weight is 671 g/mol. The van der Waals surface area contributed by atoms with Crippen LogP contribution in [0.4, 0.5) is 4.79 Å². The van der Waals surface area contributed by atoms with Crippen LogP contribution >= 0.6 is 0 Å². The molecular weight excluding hydrogens is 628 g/mol. The highest BCUT2D eigenvalue weighted by Crippen LogP contribution is 2.44. The van der Waals surface area contributed by atoms with Gasteiger partial charge >= 0.3 is 6.09 Å². The molecule has 0 aliphatic heterocycles. The van der Waals surface area contributed by atoms with Crippen LogP contribution in [0, 0.1) is 0 Å². The van der Waals surface area contributed by atoms with Crippen LogP contribution in [-0.2, 0) is 16.0 Å². The van der Waals surface area contributed by atoms with Gasteiger partial charge in [-0.2, -0.15) is 0 Å². The van der Waals surface area contributed by atoms with Crippen molar-refractivity contribution in [3.8, 4) is 28.4 Å². The lowest BCUT2D eigenvalue weighted by Gasteiger charge is -2.23. The minimum Gasteiger partial charge on any atom is -0.497 e. The quantitative estimate of drug-likeness (QED) is 0.131. The van der Waals surface area contributed by atoms with Crippen LogP contribution in [0.3, 0.4) is 0 Å². The van der Waals surface area contributed by atoms with Gasteiger partial charge in [0, 0.05) is 17.5 Å². The molecule has 1 aliphatic rings. The van der Waals surface area contributed by atoms with E-state index in [2.05, 4.69) is 54.0 Å². The summed E-state index contributed by atoms with van der Waals surface area (Å²) < 4.78 is 22.9. The van der Waals surface area contributed by atoms with Crippen LogP contribution in [0.1, 0.15) is 65.2 Å². The molecule has 5 aromatic rings. The molecule has 8 nitrogen and oxygen atoms in total. The van der Waals surface area contributed by atoms with Crippen molar-refractivity contribution >= 4 is 12.0 Å². The Hall–Kier alpha value is -5.76. The second kappa shape index (κ2) is 15.6. The Labute approximate surface area is 293 Å². The summed E-state index contributed by atoms with van der Waals surface area (Å²) in [7, 11) is 3.16. The number of benzene rings is 5. The Bertz CT molecular complexity index is 1890. The maximum Gasteiger partial charge on any atom is 0.407 e. The third-order valence-electron chi connectivity index (χ3n) is 9.21. The number of fused-ring (bicyclic) bond motifs is 3. The normalized spacial score (nSPS) is 13.0. The van der Waals surface area contributed by atoms with Crippen molar-refractivity contribution in [2.75, 3.05) is 27.4 Å². The van der Waals surface area contributed by atoms with E-state index in [1.165, 1.54) is 5.56 Å². The third-order valence-corrected chi connectivity index (χ3v) is 9.21. The highest BCUT2D eigenvalue weighted by Gasteiger charge is 2.30. The van der Waals surface area contributed by atoms with Gasteiger partial charge in [0.2, 0.25) is 0 Å². The molecule has 1 aliphatic carbocycles. The maximum absolute atomic E-state index is 13.5. The smallest absolute Gasteiger partial charge is 0.407 e. The first-order valence-electron chi connectivity index (χ1n) is 16.8. The van der Waals surface area contributed by atoms with E-state index in [4.69, 9.17) is 18.9 Å². The molecule has 0 spiro atoms. The van der Waals surface area contributed by atoms with Crippen LogP contribution in [0.15, 0.2) is 115 Å². The average Bonchev–Trinajstić information content (AvgIpc) is 3.48. The number of alkyl carbamates (subject to hydrolysis) is 1. The fraction of sp³-hybridized carbons (Fsp3) is 0.238. The number of rotatable bonds is 13. The topological polar surface area (TPSA) is 95.1 Å². The summed E-state index contributed by atoms with van der Waals surface area (Å²) in [5, 5.41) is 6.05. The third kappa shape index (κ3) is 7.60. The minimum absolute atomic E-state index is 0.0691. The van der Waals surface area contributed by atoms with Gasteiger partial charge in [-0.25, -0.2) is 4.79 Å². The summed E-state index contributed by atoms with van der Waals surface area (Å²) in [6.07, 6.45) is 0.401. The summed E-state index contributed by atoms with van der Waals surface area (Å²) >= 11 is 0. The number of nitrogens with one attached hydrogen (secondary N) is 2. The van der Waals surface area contributed by atoms with Gasteiger partial charge < -0.3 is 29.6 Å².